The van der Waals surface area contributed by atoms with Gasteiger partial charge in [-0.05, 0) is 25.1 Å². The number of carbonyl (C=O) groups is 1. The van der Waals surface area contributed by atoms with Crippen LogP contribution >= 0.6 is 11.6 Å². The molecule has 0 aliphatic carbocycles. The third-order valence-corrected chi connectivity index (χ3v) is 6.09. The minimum atomic E-state index is -0.496. The minimum absolute atomic E-state index is 0.000129. The Labute approximate surface area is 197 Å². The van der Waals surface area contributed by atoms with Gasteiger partial charge >= 0.3 is 0 Å². The molecule has 0 radical (unpaired) electrons. The Kier molecular flexibility index (Phi) is 7.35. The van der Waals surface area contributed by atoms with Gasteiger partial charge in [0.2, 0.25) is 5.91 Å². The number of likely N-dealkylation sites (tertiary alicyclic amines) is 1. The van der Waals surface area contributed by atoms with Crippen molar-refractivity contribution in [1.82, 2.24) is 4.90 Å². The number of ether oxygens (including phenoxy) is 3. The second-order valence-corrected chi connectivity index (χ2v) is 8.26. The topological polar surface area (TPSA) is 63.6 Å². The van der Waals surface area contributed by atoms with Crippen LogP contribution in [0.5, 0.6) is 11.5 Å². The molecule has 33 heavy (non-hydrogen) atoms. The first-order valence-corrected chi connectivity index (χ1v) is 11.3. The number of aliphatic imine (C=N–C) groups is 1. The molecule has 0 N–H and O–H groups in total. The fourth-order valence-corrected chi connectivity index (χ4v) is 4.21. The van der Waals surface area contributed by atoms with E-state index in [0.29, 0.717) is 49.7 Å². The summed E-state index contributed by atoms with van der Waals surface area (Å²) in [5, 5.41) is 0.0548. The maximum Gasteiger partial charge on any atom is 0.248 e. The van der Waals surface area contributed by atoms with Gasteiger partial charge in [-0.3, -0.25) is 9.79 Å². The average Bonchev–Trinajstić information content (AvgIpc) is 2.84. The lowest BCUT2D eigenvalue weighted by molar-refractivity contribution is -0.137. The van der Waals surface area contributed by atoms with E-state index in [1.54, 1.807) is 35.3 Å². The zero-order valence-corrected chi connectivity index (χ0v) is 19.5. The van der Waals surface area contributed by atoms with Gasteiger partial charge in [0, 0.05) is 50.4 Å². The van der Waals surface area contributed by atoms with Crippen molar-refractivity contribution in [2.75, 3.05) is 45.0 Å². The minimum Gasteiger partial charge on any atom is -0.493 e. The lowest BCUT2D eigenvalue weighted by Crippen LogP contribution is -2.43. The summed E-state index contributed by atoms with van der Waals surface area (Å²) in [6.45, 7) is 3.97. The smallest absolute Gasteiger partial charge is 0.248 e. The molecule has 0 spiro atoms. The second kappa shape index (κ2) is 10.4. The van der Waals surface area contributed by atoms with Gasteiger partial charge in [-0.1, -0.05) is 17.7 Å². The van der Waals surface area contributed by atoms with Crippen LogP contribution in [0.3, 0.4) is 0 Å². The molecule has 7 nitrogen and oxygen atoms in total. The molecule has 1 saturated heterocycles. The molecule has 2 aromatic rings. The highest BCUT2D eigenvalue weighted by atomic mass is 35.5. The average molecular weight is 476 g/mol. The number of halogens is 2. The van der Waals surface area contributed by atoms with Crippen molar-refractivity contribution in [3.63, 3.8) is 0 Å². The number of amides is 1. The van der Waals surface area contributed by atoms with Crippen molar-refractivity contribution in [3.05, 3.63) is 46.7 Å². The van der Waals surface area contributed by atoms with Crippen LogP contribution in [0.2, 0.25) is 5.02 Å². The molecule has 176 valence electrons. The number of fused-ring (bicyclic) bond motifs is 1. The highest BCUT2D eigenvalue weighted by molar-refractivity contribution is 6.31. The Morgan fingerprint density at radius 2 is 2.00 bits per heavy atom. The van der Waals surface area contributed by atoms with Crippen molar-refractivity contribution in [2.24, 2.45) is 4.99 Å². The summed E-state index contributed by atoms with van der Waals surface area (Å²) < 4.78 is 31.8. The Morgan fingerprint density at radius 1 is 1.21 bits per heavy atom. The number of piperidine rings is 1. The van der Waals surface area contributed by atoms with Crippen molar-refractivity contribution in [3.8, 4) is 11.5 Å². The molecule has 0 aromatic heterocycles. The summed E-state index contributed by atoms with van der Waals surface area (Å²) in [6.07, 6.45) is 3.07. The summed E-state index contributed by atoms with van der Waals surface area (Å²) in [6, 6.07) is 8.59. The van der Waals surface area contributed by atoms with E-state index in [2.05, 4.69) is 4.99 Å². The lowest BCUT2D eigenvalue weighted by atomic mass is 10.1. The number of nitrogens with zero attached hydrogens (tertiary/aromatic N) is 3. The van der Waals surface area contributed by atoms with Crippen molar-refractivity contribution >= 4 is 35.1 Å². The fourth-order valence-electron chi connectivity index (χ4n) is 4.04. The number of methoxy groups -OCH3 is 1. The standard InChI is InChI=1S/C24H27ClFN3O4/c1-3-32-14-23(30)28-9-7-17(8-10-28)33-22-12-20-16(11-21(22)31-2)13-27-15-29(20)19-6-4-5-18(25)24(19)26/h4-6,11-13,17H,3,7-10,14-15H2,1-2H3. The van der Waals surface area contributed by atoms with Crippen LogP contribution in [0.1, 0.15) is 25.3 Å². The molecule has 1 amide bonds. The van der Waals surface area contributed by atoms with Crippen molar-refractivity contribution < 1.29 is 23.4 Å². The molecule has 2 aliphatic heterocycles. The summed E-state index contributed by atoms with van der Waals surface area (Å²) in [7, 11) is 1.58. The molecule has 9 heteroatoms. The summed E-state index contributed by atoms with van der Waals surface area (Å²) in [5.74, 6) is 0.645. The van der Waals surface area contributed by atoms with E-state index in [9.17, 15) is 9.18 Å². The fraction of sp³-hybridized carbons (Fsp3) is 0.417. The van der Waals surface area contributed by atoms with Gasteiger partial charge in [0.25, 0.3) is 0 Å². The first-order valence-electron chi connectivity index (χ1n) is 11.0. The molecule has 2 aromatic carbocycles. The summed E-state index contributed by atoms with van der Waals surface area (Å²) in [5.41, 5.74) is 1.89. The van der Waals surface area contributed by atoms with Crippen LogP contribution in [0.15, 0.2) is 35.3 Å². The van der Waals surface area contributed by atoms with E-state index in [0.717, 1.165) is 11.3 Å². The lowest BCUT2D eigenvalue weighted by Gasteiger charge is -2.33. The third-order valence-electron chi connectivity index (χ3n) is 5.80. The third kappa shape index (κ3) is 5.07. The SMILES string of the molecule is CCOCC(=O)N1CCC(Oc2cc3c(cc2OC)C=NCN3c2cccc(Cl)c2F)CC1. The van der Waals surface area contributed by atoms with Gasteiger partial charge in [0.15, 0.2) is 17.3 Å². The first-order chi connectivity index (χ1) is 16.0. The van der Waals surface area contributed by atoms with Crippen LogP contribution < -0.4 is 14.4 Å². The maximum absolute atomic E-state index is 14.8. The summed E-state index contributed by atoms with van der Waals surface area (Å²) in [4.78, 5) is 20.1. The Bertz CT molecular complexity index is 1040. The van der Waals surface area contributed by atoms with Gasteiger partial charge in [0.05, 0.1) is 23.5 Å². The monoisotopic (exact) mass is 475 g/mol. The Morgan fingerprint density at radius 3 is 2.73 bits per heavy atom. The van der Waals surface area contributed by atoms with Crippen LogP contribution in [-0.4, -0.2) is 63.2 Å². The van der Waals surface area contributed by atoms with Gasteiger partial charge in [0.1, 0.15) is 19.4 Å². The van der Waals surface area contributed by atoms with E-state index in [1.165, 1.54) is 6.07 Å². The van der Waals surface area contributed by atoms with E-state index >= 15 is 0 Å². The summed E-state index contributed by atoms with van der Waals surface area (Å²) >= 11 is 6.01. The van der Waals surface area contributed by atoms with Crippen molar-refractivity contribution in [1.29, 1.82) is 0 Å². The molecule has 0 saturated carbocycles. The van der Waals surface area contributed by atoms with Gasteiger partial charge in [-0.15, -0.1) is 0 Å². The molecule has 0 bridgehead atoms. The molecule has 0 atom stereocenters. The molecular weight excluding hydrogens is 449 g/mol. The number of hydrogen-bond donors (Lipinski definition) is 0. The van der Waals surface area contributed by atoms with Crippen LogP contribution in [-0.2, 0) is 9.53 Å². The highest BCUT2D eigenvalue weighted by Gasteiger charge is 2.27. The quantitative estimate of drug-likeness (QED) is 0.593. The molecule has 0 unspecified atom stereocenters. The predicted octanol–water partition coefficient (Wildman–Crippen LogP) is 4.42. The van der Waals surface area contributed by atoms with Crippen LogP contribution in [0.25, 0.3) is 0 Å². The van der Waals surface area contributed by atoms with Gasteiger partial charge in [-0.25, -0.2) is 4.39 Å². The molecule has 4 rings (SSSR count). The Balaban J connectivity index is 1.54. The maximum atomic E-state index is 14.8. The van der Waals surface area contributed by atoms with E-state index < -0.39 is 5.82 Å². The number of benzene rings is 2. The molecular formula is C24H27ClFN3O4. The molecule has 2 aliphatic rings. The Hall–Kier alpha value is -2.84. The number of hydrogen-bond acceptors (Lipinski definition) is 6. The number of rotatable bonds is 7. The van der Waals surface area contributed by atoms with E-state index in [1.807, 2.05) is 19.1 Å². The first kappa shape index (κ1) is 23.3. The van der Waals surface area contributed by atoms with Gasteiger partial charge < -0.3 is 24.0 Å². The van der Waals surface area contributed by atoms with Crippen LogP contribution in [0.4, 0.5) is 15.8 Å². The largest absolute Gasteiger partial charge is 0.493 e. The predicted molar refractivity (Wildman–Crippen MR) is 126 cm³/mol. The normalized spacial score (nSPS) is 16.0. The van der Waals surface area contributed by atoms with Crippen LogP contribution in [0, 0.1) is 5.82 Å². The number of carbonyl (C=O) groups excluding carboxylic acids is 1. The highest BCUT2D eigenvalue weighted by Crippen LogP contribution is 2.41. The van der Waals surface area contributed by atoms with Gasteiger partial charge in [-0.2, -0.15) is 0 Å². The zero-order chi connectivity index (χ0) is 23.4. The van der Waals surface area contributed by atoms with E-state index in [-0.39, 0.29) is 30.3 Å². The van der Waals surface area contributed by atoms with E-state index in [4.69, 9.17) is 25.8 Å². The second-order valence-electron chi connectivity index (χ2n) is 7.85. The zero-order valence-electron chi connectivity index (χ0n) is 18.7. The van der Waals surface area contributed by atoms with Crippen molar-refractivity contribution in [2.45, 2.75) is 25.9 Å². The molecule has 2 heterocycles. The molecule has 1 fully saturated rings. The number of anilines is 2.